The number of rotatable bonds is 2. The topological polar surface area (TPSA) is 49.0 Å². The van der Waals surface area contributed by atoms with Crippen LogP contribution in [0.25, 0.3) is 10.9 Å². The van der Waals surface area contributed by atoms with Gasteiger partial charge in [0.1, 0.15) is 11.5 Å². The monoisotopic (exact) mass is 323 g/mol. The summed E-state index contributed by atoms with van der Waals surface area (Å²) in [6, 6.07) is 10.2. The van der Waals surface area contributed by atoms with E-state index in [2.05, 4.69) is 9.97 Å². The lowest BCUT2D eigenvalue weighted by Gasteiger charge is -2.35. The second-order valence-corrected chi connectivity index (χ2v) is 6.21. The van der Waals surface area contributed by atoms with Gasteiger partial charge in [-0.2, -0.15) is 0 Å². The fourth-order valence-electron chi connectivity index (χ4n) is 3.47. The summed E-state index contributed by atoms with van der Waals surface area (Å²) in [4.78, 5) is 22.2. The number of piperidine rings is 1. The number of nitrogens with one attached hydrogen (secondary N) is 1. The van der Waals surface area contributed by atoms with Crippen LogP contribution in [0, 0.1) is 5.82 Å². The maximum absolute atomic E-state index is 13.4. The average molecular weight is 323 g/mol. The summed E-state index contributed by atoms with van der Waals surface area (Å²) in [5.41, 5.74) is 2.34. The summed E-state index contributed by atoms with van der Waals surface area (Å²) in [5, 5.41) is 0.716. The molecule has 3 aromatic rings. The van der Waals surface area contributed by atoms with Crippen molar-refractivity contribution < 1.29 is 9.18 Å². The quantitative estimate of drug-likeness (QED) is 0.773. The van der Waals surface area contributed by atoms with Crippen LogP contribution in [-0.4, -0.2) is 27.3 Å². The lowest BCUT2D eigenvalue weighted by molar-refractivity contribution is 0.0606. The highest BCUT2D eigenvalue weighted by Gasteiger charge is 2.29. The number of carbonyl (C=O) groups is 1. The van der Waals surface area contributed by atoms with Crippen molar-refractivity contribution >= 4 is 16.8 Å². The van der Waals surface area contributed by atoms with Crippen LogP contribution in [0.15, 0.2) is 48.8 Å². The molecule has 1 fully saturated rings. The largest absolute Gasteiger partial charge is 0.351 e. The molecule has 5 heteroatoms. The molecule has 2 aromatic heterocycles. The number of hydrogen-bond acceptors (Lipinski definition) is 2. The van der Waals surface area contributed by atoms with Crippen LogP contribution in [0.4, 0.5) is 4.39 Å². The van der Waals surface area contributed by atoms with Gasteiger partial charge in [0.05, 0.1) is 6.04 Å². The number of aromatic amines is 1. The van der Waals surface area contributed by atoms with Crippen molar-refractivity contribution in [1.29, 1.82) is 0 Å². The van der Waals surface area contributed by atoms with E-state index in [0.717, 1.165) is 36.9 Å². The molecule has 0 bridgehead atoms. The van der Waals surface area contributed by atoms with Crippen LogP contribution in [0.3, 0.4) is 0 Å². The minimum Gasteiger partial charge on any atom is -0.351 e. The van der Waals surface area contributed by atoms with E-state index in [1.165, 1.54) is 12.1 Å². The molecule has 0 radical (unpaired) electrons. The van der Waals surface area contributed by atoms with Crippen LogP contribution in [0.5, 0.6) is 0 Å². The van der Waals surface area contributed by atoms with Gasteiger partial charge in [0, 0.05) is 29.8 Å². The molecule has 3 heterocycles. The van der Waals surface area contributed by atoms with Gasteiger partial charge in [-0.25, -0.2) is 4.39 Å². The number of likely N-dealkylation sites (tertiary alicyclic amines) is 1. The minimum atomic E-state index is -0.299. The molecule has 1 N–H and O–H groups in total. The second-order valence-electron chi connectivity index (χ2n) is 6.21. The zero-order valence-electron chi connectivity index (χ0n) is 13.2. The van der Waals surface area contributed by atoms with Crippen molar-refractivity contribution in [2.24, 2.45) is 0 Å². The second kappa shape index (κ2) is 6.07. The average Bonchev–Trinajstić information content (AvgIpc) is 3.05. The van der Waals surface area contributed by atoms with Gasteiger partial charge in [-0.05, 0) is 55.2 Å². The molecule has 0 spiro atoms. The maximum atomic E-state index is 13.4. The Balaban J connectivity index is 1.67. The Morgan fingerprint density at radius 1 is 1.25 bits per heavy atom. The van der Waals surface area contributed by atoms with Gasteiger partial charge in [0.25, 0.3) is 5.91 Å². The Kier molecular flexibility index (Phi) is 3.76. The van der Waals surface area contributed by atoms with Gasteiger partial charge in [0.2, 0.25) is 0 Å². The maximum Gasteiger partial charge on any atom is 0.270 e. The van der Waals surface area contributed by atoms with E-state index in [0.29, 0.717) is 11.1 Å². The molecular formula is C19H18FN3O. The highest BCUT2D eigenvalue weighted by atomic mass is 19.1. The summed E-state index contributed by atoms with van der Waals surface area (Å²) in [6.07, 6.45) is 6.60. The Labute approximate surface area is 139 Å². The molecule has 1 aromatic carbocycles. The van der Waals surface area contributed by atoms with Crippen LogP contribution in [0.2, 0.25) is 0 Å². The number of aromatic nitrogens is 2. The molecule has 1 saturated heterocycles. The van der Waals surface area contributed by atoms with Crippen LogP contribution >= 0.6 is 0 Å². The summed E-state index contributed by atoms with van der Waals surface area (Å²) < 4.78 is 13.4. The molecule has 1 aliphatic heterocycles. The van der Waals surface area contributed by atoms with E-state index in [-0.39, 0.29) is 17.8 Å². The number of nitrogens with zero attached hydrogens (tertiary/aromatic N) is 2. The van der Waals surface area contributed by atoms with Crippen molar-refractivity contribution in [3.63, 3.8) is 0 Å². The minimum absolute atomic E-state index is 0.0415. The first-order chi connectivity index (χ1) is 11.7. The normalized spacial score (nSPS) is 18.0. The number of carbonyl (C=O) groups excluding carboxylic acids is 1. The van der Waals surface area contributed by atoms with Crippen LogP contribution in [0.1, 0.15) is 41.4 Å². The molecule has 0 saturated carbocycles. The summed E-state index contributed by atoms with van der Waals surface area (Å²) in [6.45, 7) is 0.724. The van der Waals surface area contributed by atoms with Gasteiger partial charge in [0.15, 0.2) is 0 Å². The molecule has 4 nitrogen and oxygen atoms in total. The third kappa shape index (κ3) is 2.66. The number of benzene rings is 1. The van der Waals surface area contributed by atoms with Crippen molar-refractivity contribution in [3.05, 3.63) is 65.9 Å². The predicted octanol–water partition coefficient (Wildman–Crippen LogP) is 4.07. The van der Waals surface area contributed by atoms with Crippen LogP contribution in [-0.2, 0) is 0 Å². The van der Waals surface area contributed by atoms with E-state index < -0.39 is 0 Å². The Bertz CT molecular complexity index is 875. The molecule has 4 rings (SSSR count). The van der Waals surface area contributed by atoms with Gasteiger partial charge in [-0.15, -0.1) is 0 Å². The number of halogens is 1. The number of H-pyrrole nitrogens is 1. The standard InChI is InChI=1S/C19H18FN3O/c20-15-6-7-16-14(10-15)11-17(22-16)19(24)23-9-2-1-5-18(23)13-4-3-8-21-12-13/h3-4,6-8,10-12,18,22H,1-2,5,9H2/t18-/m1/s1. The fraction of sp³-hybridized carbons (Fsp3) is 0.263. The Morgan fingerprint density at radius 3 is 3.00 bits per heavy atom. The van der Waals surface area contributed by atoms with Crippen molar-refractivity contribution in [2.75, 3.05) is 6.54 Å². The number of fused-ring (bicyclic) bond motifs is 1. The summed E-state index contributed by atoms with van der Waals surface area (Å²) in [7, 11) is 0. The molecule has 0 unspecified atom stereocenters. The highest BCUT2D eigenvalue weighted by Crippen LogP contribution is 2.32. The Morgan fingerprint density at radius 2 is 2.17 bits per heavy atom. The zero-order valence-corrected chi connectivity index (χ0v) is 13.2. The number of amides is 1. The SMILES string of the molecule is O=C(c1cc2cc(F)ccc2[nH]1)N1CCCC[C@@H]1c1cccnc1. The van der Waals surface area contributed by atoms with E-state index >= 15 is 0 Å². The van der Waals surface area contributed by atoms with Crippen molar-refractivity contribution in [1.82, 2.24) is 14.9 Å². The molecule has 1 aliphatic rings. The van der Waals surface area contributed by atoms with Crippen molar-refractivity contribution in [2.45, 2.75) is 25.3 Å². The van der Waals surface area contributed by atoms with Gasteiger partial charge in [-0.1, -0.05) is 6.07 Å². The fourth-order valence-corrected chi connectivity index (χ4v) is 3.47. The van der Waals surface area contributed by atoms with Crippen molar-refractivity contribution in [3.8, 4) is 0 Å². The molecule has 122 valence electrons. The summed E-state index contributed by atoms with van der Waals surface area (Å²) >= 11 is 0. The first-order valence-corrected chi connectivity index (χ1v) is 8.21. The smallest absolute Gasteiger partial charge is 0.270 e. The first kappa shape index (κ1) is 14.9. The van der Waals surface area contributed by atoms with Gasteiger partial charge >= 0.3 is 0 Å². The predicted molar refractivity (Wildman–Crippen MR) is 90.1 cm³/mol. The number of hydrogen-bond donors (Lipinski definition) is 1. The lowest BCUT2D eigenvalue weighted by Crippen LogP contribution is -2.38. The van der Waals surface area contributed by atoms with E-state index in [1.807, 2.05) is 23.2 Å². The highest BCUT2D eigenvalue weighted by molar-refractivity contribution is 5.98. The molecule has 1 atom stereocenters. The zero-order chi connectivity index (χ0) is 16.5. The number of pyridine rings is 1. The lowest BCUT2D eigenvalue weighted by atomic mass is 9.96. The van der Waals surface area contributed by atoms with Crippen LogP contribution < -0.4 is 0 Å². The molecule has 24 heavy (non-hydrogen) atoms. The molecule has 0 aliphatic carbocycles. The Hall–Kier alpha value is -2.69. The third-order valence-corrected chi connectivity index (χ3v) is 4.65. The summed E-state index contributed by atoms with van der Waals surface area (Å²) in [5.74, 6) is -0.341. The molecule has 1 amide bonds. The van der Waals surface area contributed by atoms with E-state index in [9.17, 15) is 9.18 Å². The van der Waals surface area contributed by atoms with Gasteiger partial charge < -0.3 is 9.88 Å². The van der Waals surface area contributed by atoms with E-state index in [4.69, 9.17) is 0 Å². The first-order valence-electron chi connectivity index (χ1n) is 8.21. The third-order valence-electron chi connectivity index (χ3n) is 4.65. The van der Waals surface area contributed by atoms with Gasteiger partial charge in [-0.3, -0.25) is 9.78 Å². The van der Waals surface area contributed by atoms with E-state index in [1.54, 1.807) is 18.3 Å². The molecular weight excluding hydrogens is 305 g/mol.